The molecule has 2 aromatic carbocycles. The number of aromatic hydroxyl groups is 1. The van der Waals surface area contributed by atoms with Gasteiger partial charge >= 0.3 is 5.97 Å². The van der Waals surface area contributed by atoms with Crippen molar-refractivity contribution in [3.05, 3.63) is 150 Å². The minimum absolute atomic E-state index is 0.310. The highest BCUT2D eigenvalue weighted by atomic mass is 16.5. The molecule has 4 nitrogen and oxygen atoms in total. The SMILES string of the molecule is CCCCCCCCCCCCC(O)c1ccccc1OC(=O)/C=C/C=C/C=C/C=C/C=C/C=C/C=C/C=C/c1ccc(O)c(C)c1. The molecule has 0 fully saturated rings. The number of unbranched alkanes of at least 4 members (excludes halogenated alkanes) is 9. The van der Waals surface area contributed by atoms with E-state index >= 15 is 0 Å². The summed E-state index contributed by atoms with van der Waals surface area (Å²) in [6.07, 6.45) is 42.4. The van der Waals surface area contributed by atoms with E-state index in [4.69, 9.17) is 4.74 Å². The lowest BCUT2D eigenvalue weighted by atomic mass is 10.0. The fraction of sp³-hybridized carbons (Fsp3) is 0.326. The molecule has 47 heavy (non-hydrogen) atoms. The van der Waals surface area contributed by atoms with Gasteiger partial charge in [-0.2, -0.15) is 0 Å². The average molecular weight is 635 g/mol. The van der Waals surface area contributed by atoms with Gasteiger partial charge in [-0.3, -0.25) is 0 Å². The van der Waals surface area contributed by atoms with E-state index in [9.17, 15) is 15.0 Å². The highest BCUT2D eigenvalue weighted by Crippen LogP contribution is 2.29. The second-order valence-corrected chi connectivity index (χ2v) is 11.5. The summed E-state index contributed by atoms with van der Waals surface area (Å²) in [4.78, 5) is 12.4. The van der Waals surface area contributed by atoms with Gasteiger partial charge in [0.2, 0.25) is 0 Å². The van der Waals surface area contributed by atoms with Crippen molar-refractivity contribution in [3.63, 3.8) is 0 Å². The van der Waals surface area contributed by atoms with Gasteiger partial charge in [0.15, 0.2) is 0 Å². The highest BCUT2D eigenvalue weighted by molar-refractivity contribution is 5.84. The molecule has 0 amide bonds. The van der Waals surface area contributed by atoms with Crippen LogP contribution in [0.25, 0.3) is 6.08 Å². The molecule has 0 saturated heterocycles. The Labute approximate surface area is 283 Å². The normalized spacial score (nSPS) is 13.3. The molecule has 4 heteroatoms. The number of allylic oxidation sites excluding steroid dienone is 14. The highest BCUT2D eigenvalue weighted by Gasteiger charge is 2.14. The minimum atomic E-state index is -0.645. The molecule has 2 aromatic rings. The average Bonchev–Trinajstić information content (AvgIpc) is 3.07. The van der Waals surface area contributed by atoms with Crippen LogP contribution < -0.4 is 4.74 Å². The topological polar surface area (TPSA) is 66.8 Å². The number of aliphatic hydroxyl groups is 1. The third-order valence-corrected chi connectivity index (χ3v) is 7.51. The molecule has 0 spiro atoms. The Morgan fingerprint density at radius 3 is 1.77 bits per heavy atom. The molecule has 1 atom stereocenters. The molecule has 0 aliphatic rings. The summed E-state index contributed by atoms with van der Waals surface area (Å²) in [5, 5.41) is 20.3. The monoisotopic (exact) mass is 634 g/mol. The van der Waals surface area contributed by atoms with Gasteiger partial charge in [0.05, 0.1) is 6.10 Å². The van der Waals surface area contributed by atoms with Gasteiger partial charge in [0.1, 0.15) is 11.5 Å². The van der Waals surface area contributed by atoms with E-state index in [1.807, 2.05) is 116 Å². The van der Waals surface area contributed by atoms with Crippen molar-refractivity contribution in [1.29, 1.82) is 0 Å². The maximum atomic E-state index is 12.4. The van der Waals surface area contributed by atoms with E-state index in [1.54, 1.807) is 24.3 Å². The van der Waals surface area contributed by atoms with E-state index < -0.39 is 12.1 Å². The van der Waals surface area contributed by atoms with Crippen LogP contribution in [0.2, 0.25) is 0 Å². The van der Waals surface area contributed by atoms with E-state index in [0.717, 1.165) is 24.0 Å². The van der Waals surface area contributed by atoms with Crippen LogP contribution in [-0.4, -0.2) is 16.2 Å². The van der Waals surface area contributed by atoms with Crippen LogP contribution in [-0.2, 0) is 4.79 Å². The van der Waals surface area contributed by atoms with Crippen LogP contribution in [0.1, 0.15) is 100 Å². The van der Waals surface area contributed by atoms with Gasteiger partial charge in [-0.05, 0) is 42.7 Å². The van der Waals surface area contributed by atoms with Crippen LogP contribution in [0.3, 0.4) is 0 Å². The molecule has 0 saturated carbocycles. The summed E-state index contributed by atoms with van der Waals surface area (Å²) in [5.41, 5.74) is 2.56. The van der Waals surface area contributed by atoms with Gasteiger partial charge in [0, 0.05) is 11.6 Å². The van der Waals surface area contributed by atoms with Crippen LogP contribution in [0, 0.1) is 6.92 Å². The van der Waals surface area contributed by atoms with Crippen molar-refractivity contribution in [2.24, 2.45) is 0 Å². The predicted molar refractivity (Wildman–Crippen MR) is 199 cm³/mol. The summed E-state index contributed by atoms with van der Waals surface area (Å²) in [5.74, 6) is 0.242. The number of carbonyl (C=O) groups excluding carboxylic acids is 1. The molecule has 0 aliphatic heterocycles. The van der Waals surface area contributed by atoms with Crippen molar-refractivity contribution in [2.75, 3.05) is 0 Å². The summed E-state index contributed by atoms with van der Waals surface area (Å²) in [6.45, 7) is 4.13. The lowest BCUT2D eigenvalue weighted by molar-refractivity contribution is -0.129. The fourth-order valence-electron chi connectivity index (χ4n) is 4.82. The molecule has 2 rings (SSSR count). The largest absolute Gasteiger partial charge is 0.508 e. The second-order valence-electron chi connectivity index (χ2n) is 11.5. The predicted octanol–water partition coefficient (Wildman–Crippen LogP) is 11.6. The lowest BCUT2D eigenvalue weighted by Crippen LogP contribution is -2.08. The quantitative estimate of drug-likeness (QED) is 0.0445. The van der Waals surface area contributed by atoms with Crippen molar-refractivity contribution in [2.45, 2.75) is 90.6 Å². The van der Waals surface area contributed by atoms with Crippen molar-refractivity contribution in [1.82, 2.24) is 0 Å². The van der Waals surface area contributed by atoms with E-state index in [2.05, 4.69) is 6.92 Å². The van der Waals surface area contributed by atoms with E-state index in [0.29, 0.717) is 23.5 Å². The number of aliphatic hydroxyl groups excluding tert-OH is 1. The number of hydrogen-bond donors (Lipinski definition) is 2. The molecule has 0 bridgehead atoms. The zero-order valence-electron chi connectivity index (χ0n) is 28.3. The molecule has 0 radical (unpaired) electrons. The Bertz CT molecular complexity index is 1400. The first kappa shape index (κ1) is 38.8. The molecule has 0 aromatic heterocycles. The maximum Gasteiger partial charge on any atom is 0.336 e. The smallest absolute Gasteiger partial charge is 0.336 e. The number of aryl methyl sites for hydroxylation is 1. The summed E-state index contributed by atoms with van der Waals surface area (Å²) < 4.78 is 5.53. The Morgan fingerprint density at radius 2 is 1.19 bits per heavy atom. The van der Waals surface area contributed by atoms with Crippen LogP contribution in [0.5, 0.6) is 11.5 Å². The number of phenols is 1. The molecule has 2 N–H and O–H groups in total. The third-order valence-electron chi connectivity index (χ3n) is 7.51. The first-order valence-electron chi connectivity index (χ1n) is 17.1. The molecule has 0 heterocycles. The summed E-state index contributed by atoms with van der Waals surface area (Å²) >= 11 is 0. The van der Waals surface area contributed by atoms with Gasteiger partial charge in [0.25, 0.3) is 0 Å². The van der Waals surface area contributed by atoms with Gasteiger partial charge < -0.3 is 14.9 Å². The molecule has 250 valence electrons. The van der Waals surface area contributed by atoms with Crippen molar-refractivity contribution < 1.29 is 19.7 Å². The zero-order chi connectivity index (χ0) is 33.8. The molecule has 1 unspecified atom stereocenters. The summed E-state index contributed by atoms with van der Waals surface area (Å²) in [7, 11) is 0. The standard InChI is InChI=1S/C43H54O4/c1-3-4-5-6-7-8-16-19-22-25-31-41(45)39-30-27-28-32-42(39)47-43(46)33-26-23-20-17-14-12-10-9-11-13-15-18-21-24-29-38-34-35-40(44)37(2)36-38/h9-15,17-18,20-21,23-24,26-30,32-36,41,44-45H,3-8,16,19,22,25,31H2,1-2H3/b11-9+,12-10+,15-13+,17-14+,21-18+,23-20+,29-24+,33-26+. The van der Waals surface area contributed by atoms with E-state index in [1.165, 1.54) is 57.4 Å². The Morgan fingerprint density at radius 1 is 0.681 bits per heavy atom. The van der Waals surface area contributed by atoms with E-state index in [-0.39, 0.29) is 0 Å². The lowest BCUT2D eigenvalue weighted by Gasteiger charge is -2.14. The van der Waals surface area contributed by atoms with Gasteiger partial charge in [-0.1, -0.05) is 187 Å². The van der Waals surface area contributed by atoms with Crippen molar-refractivity contribution >= 4 is 12.0 Å². The number of rotatable bonds is 22. The number of benzene rings is 2. The number of carbonyl (C=O) groups is 1. The summed E-state index contributed by atoms with van der Waals surface area (Å²) in [6, 6.07) is 12.8. The first-order valence-corrected chi connectivity index (χ1v) is 17.1. The molecular weight excluding hydrogens is 580 g/mol. The Hall–Kier alpha value is -4.41. The number of hydrogen-bond acceptors (Lipinski definition) is 4. The number of phenolic OH excluding ortho intramolecular Hbond substituents is 1. The third kappa shape index (κ3) is 19.0. The zero-order valence-corrected chi connectivity index (χ0v) is 28.3. The number of esters is 1. The molecular formula is C43H54O4. The van der Waals surface area contributed by atoms with Crippen LogP contribution in [0.4, 0.5) is 0 Å². The van der Waals surface area contributed by atoms with Gasteiger partial charge in [-0.25, -0.2) is 4.79 Å². The number of ether oxygens (including phenoxy) is 1. The van der Waals surface area contributed by atoms with Gasteiger partial charge in [-0.15, -0.1) is 0 Å². The second kappa shape index (κ2) is 25.7. The van der Waals surface area contributed by atoms with Crippen LogP contribution >= 0.6 is 0 Å². The Kier molecular flexibility index (Phi) is 21.2. The fourth-order valence-corrected chi connectivity index (χ4v) is 4.82. The Balaban J connectivity index is 1.63. The maximum absolute atomic E-state index is 12.4. The first-order chi connectivity index (χ1) is 23.0. The number of para-hydroxylation sites is 1. The van der Waals surface area contributed by atoms with Crippen LogP contribution in [0.15, 0.2) is 134 Å². The van der Waals surface area contributed by atoms with Crippen molar-refractivity contribution in [3.8, 4) is 11.5 Å². The molecule has 0 aliphatic carbocycles. The minimum Gasteiger partial charge on any atom is -0.508 e.